The highest BCUT2D eigenvalue weighted by Crippen LogP contribution is 2.47. The van der Waals surface area contributed by atoms with Gasteiger partial charge in [-0.3, -0.25) is 4.99 Å². The van der Waals surface area contributed by atoms with Gasteiger partial charge in [0.25, 0.3) is 0 Å². The first-order valence-corrected chi connectivity index (χ1v) is 11.6. The second-order valence-electron chi connectivity index (χ2n) is 6.93. The van der Waals surface area contributed by atoms with E-state index in [1.807, 2.05) is 78.9 Å². The van der Waals surface area contributed by atoms with Crippen LogP contribution in [0, 0.1) is 0 Å². The maximum Gasteiger partial charge on any atom is 0.174 e. The van der Waals surface area contributed by atoms with Gasteiger partial charge < -0.3 is 14.4 Å². The number of hydrogen-bond donors (Lipinski definition) is 1. The predicted molar refractivity (Wildman–Crippen MR) is 128 cm³/mol. The van der Waals surface area contributed by atoms with E-state index in [0.717, 1.165) is 10.6 Å². The molecule has 4 aromatic carbocycles. The van der Waals surface area contributed by atoms with E-state index in [9.17, 15) is 9.67 Å². The van der Waals surface area contributed by atoms with Crippen molar-refractivity contribution in [3.63, 3.8) is 0 Å². The average Bonchev–Trinajstić information content (AvgIpc) is 2.84. The minimum absolute atomic E-state index is 0.139. The van der Waals surface area contributed by atoms with E-state index in [-0.39, 0.29) is 5.75 Å². The summed E-state index contributed by atoms with van der Waals surface area (Å²) in [5, 5.41) is 12.1. The smallest absolute Gasteiger partial charge is 0.174 e. The molecule has 4 rings (SSSR count). The van der Waals surface area contributed by atoms with Gasteiger partial charge in [-0.25, -0.2) is 0 Å². The molecule has 31 heavy (non-hydrogen) atoms. The Labute approximate surface area is 181 Å². The normalized spacial score (nSPS) is 11.5. The van der Waals surface area contributed by atoms with E-state index in [2.05, 4.69) is 4.99 Å². The monoisotopic (exact) mass is 427 g/mol. The molecule has 0 amide bonds. The van der Waals surface area contributed by atoms with E-state index < -0.39 is 7.14 Å². The number of methoxy groups -OCH3 is 1. The Morgan fingerprint density at radius 3 is 1.94 bits per heavy atom. The molecule has 0 bridgehead atoms. The summed E-state index contributed by atoms with van der Waals surface area (Å²) in [7, 11) is -1.66. The molecule has 0 saturated heterocycles. The van der Waals surface area contributed by atoms with Crippen LogP contribution in [0.1, 0.15) is 5.56 Å². The summed E-state index contributed by atoms with van der Waals surface area (Å²) in [4.78, 5) is 4.54. The van der Waals surface area contributed by atoms with Crippen LogP contribution in [0.5, 0.6) is 11.5 Å². The second-order valence-corrected chi connectivity index (χ2v) is 9.66. The average molecular weight is 427 g/mol. The van der Waals surface area contributed by atoms with Gasteiger partial charge in [0.2, 0.25) is 0 Å². The molecule has 154 valence electrons. The third-order valence-electron chi connectivity index (χ3n) is 5.04. The number of ether oxygens (including phenoxy) is 1. The van der Waals surface area contributed by atoms with Crippen LogP contribution in [-0.4, -0.2) is 18.4 Å². The molecule has 0 aromatic heterocycles. The van der Waals surface area contributed by atoms with Gasteiger partial charge in [-0.2, -0.15) is 0 Å². The fourth-order valence-electron chi connectivity index (χ4n) is 3.51. The predicted octanol–water partition coefficient (Wildman–Crippen LogP) is 4.79. The van der Waals surface area contributed by atoms with Crippen LogP contribution in [0.15, 0.2) is 108 Å². The van der Waals surface area contributed by atoms with Gasteiger partial charge in [-0.15, -0.1) is 0 Å². The van der Waals surface area contributed by atoms with Crippen molar-refractivity contribution in [1.82, 2.24) is 0 Å². The Kier molecular flexibility index (Phi) is 6.01. The van der Waals surface area contributed by atoms with Gasteiger partial charge in [0, 0.05) is 22.4 Å². The first-order chi connectivity index (χ1) is 15.1. The zero-order chi connectivity index (χ0) is 21.7. The molecule has 0 fully saturated rings. The van der Waals surface area contributed by atoms with E-state index in [1.165, 1.54) is 0 Å². The standard InChI is InChI=1S/C26H22NO3P/c1-30-26-23(27-19-20-11-8-9-17-24(20)28)16-10-18-25(26)31(29,21-12-4-2-5-13-21)22-14-6-3-7-15-22/h2-19,28H,1H3. The van der Waals surface area contributed by atoms with Crippen LogP contribution in [-0.2, 0) is 4.57 Å². The van der Waals surface area contributed by atoms with E-state index in [0.29, 0.717) is 22.3 Å². The molecule has 0 radical (unpaired) electrons. The SMILES string of the molecule is COc1c(N=Cc2ccccc2O)cccc1P(=O)(c1ccccc1)c1ccccc1. The topological polar surface area (TPSA) is 58.9 Å². The van der Waals surface area contributed by atoms with Crippen LogP contribution in [0.25, 0.3) is 0 Å². The van der Waals surface area contributed by atoms with Crippen molar-refractivity contribution >= 4 is 35.0 Å². The lowest BCUT2D eigenvalue weighted by Crippen LogP contribution is -2.26. The van der Waals surface area contributed by atoms with Crippen molar-refractivity contribution in [3.8, 4) is 11.5 Å². The Morgan fingerprint density at radius 2 is 1.35 bits per heavy atom. The van der Waals surface area contributed by atoms with Gasteiger partial charge >= 0.3 is 0 Å². The molecule has 0 unspecified atom stereocenters. The number of nitrogens with zero attached hydrogens (tertiary/aromatic N) is 1. The highest BCUT2D eigenvalue weighted by atomic mass is 31.2. The largest absolute Gasteiger partial charge is 0.507 e. The molecule has 4 nitrogen and oxygen atoms in total. The number of benzene rings is 4. The quantitative estimate of drug-likeness (QED) is 0.356. The lowest BCUT2D eigenvalue weighted by atomic mass is 10.2. The first kappa shape index (κ1) is 20.6. The van der Waals surface area contributed by atoms with E-state index in [1.54, 1.807) is 37.6 Å². The van der Waals surface area contributed by atoms with Crippen molar-refractivity contribution in [1.29, 1.82) is 0 Å². The maximum absolute atomic E-state index is 14.7. The Hall–Kier alpha value is -3.62. The third-order valence-corrected chi connectivity index (χ3v) is 8.12. The molecule has 4 aromatic rings. The van der Waals surface area contributed by atoms with Gasteiger partial charge in [0.15, 0.2) is 12.9 Å². The fourth-order valence-corrected chi connectivity index (χ4v) is 6.34. The number of aliphatic imine (C=N–C) groups is 1. The van der Waals surface area contributed by atoms with Crippen molar-refractivity contribution in [2.45, 2.75) is 0 Å². The molecular weight excluding hydrogens is 405 g/mol. The Morgan fingerprint density at radius 1 is 0.774 bits per heavy atom. The van der Waals surface area contributed by atoms with E-state index in [4.69, 9.17) is 4.74 Å². The summed E-state index contributed by atoms with van der Waals surface area (Å²) < 4.78 is 20.4. The second kappa shape index (κ2) is 9.03. The molecule has 0 aliphatic rings. The maximum atomic E-state index is 14.7. The Balaban J connectivity index is 1.90. The van der Waals surface area contributed by atoms with Crippen LogP contribution >= 0.6 is 7.14 Å². The highest BCUT2D eigenvalue weighted by Gasteiger charge is 2.33. The number of phenolic OH excluding ortho intramolecular Hbond substituents is 1. The molecule has 0 spiro atoms. The number of para-hydroxylation sites is 2. The summed E-state index contributed by atoms with van der Waals surface area (Å²) in [6.07, 6.45) is 1.58. The number of hydrogen-bond acceptors (Lipinski definition) is 4. The lowest BCUT2D eigenvalue weighted by molar-refractivity contribution is 0.419. The molecule has 0 aliphatic carbocycles. The van der Waals surface area contributed by atoms with Crippen molar-refractivity contribution in [2.24, 2.45) is 4.99 Å². The molecule has 5 heteroatoms. The van der Waals surface area contributed by atoms with Crippen LogP contribution in [0.3, 0.4) is 0 Å². The molecule has 1 N–H and O–H groups in total. The van der Waals surface area contributed by atoms with E-state index >= 15 is 0 Å². The van der Waals surface area contributed by atoms with Gasteiger partial charge in [0.05, 0.1) is 12.4 Å². The third kappa shape index (κ3) is 4.03. The molecule has 0 atom stereocenters. The van der Waals surface area contributed by atoms with Gasteiger partial charge in [-0.1, -0.05) is 78.9 Å². The minimum atomic E-state index is -3.21. The highest BCUT2D eigenvalue weighted by molar-refractivity contribution is 7.85. The molecule has 0 saturated carbocycles. The molecular formula is C26H22NO3P. The van der Waals surface area contributed by atoms with Crippen molar-refractivity contribution in [2.75, 3.05) is 7.11 Å². The zero-order valence-electron chi connectivity index (χ0n) is 17.1. The van der Waals surface area contributed by atoms with Crippen molar-refractivity contribution < 1.29 is 14.4 Å². The summed E-state index contributed by atoms with van der Waals surface area (Å²) in [5.74, 6) is 0.589. The number of aromatic hydroxyl groups is 1. The van der Waals surface area contributed by atoms with Gasteiger partial charge in [0.1, 0.15) is 11.4 Å². The fraction of sp³-hybridized carbons (Fsp3) is 0.0385. The molecule has 0 aliphatic heterocycles. The Bertz CT molecular complexity index is 1210. The van der Waals surface area contributed by atoms with Crippen LogP contribution < -0.4 is 20.7 Å². The first-order valence-electron chi connectivity index (χ1n) is 9.85. The van der Waals surface area contributed by atoms with Crippen molar-refractivity contribution in [3.05, 3.63) is 109 Å². The summed E-state index contributed by atoms with van der Waals surface area (Å²) >= 11 is 0. The lowest BCUT2D eigenvalue weighted by Gasteiger charge is -2.22. The number of rotatable bonds is 6. The number of phenols is 1. The van der Waals surface area contributed by atoms with Gasteiger partial charge in [-0.05, 0) is 24.3 Å². The zero-order valence-corrected chi connectivity index (χ0v) is 17.9. The summed E-state index contributed by atoms with van der Waals surface area (Å²) in [6.45, 7) is 0. The minimum Gasteiger partial charge on any atom is -0.507 e. The summed E-state index contributed by atoms with van der Waals surface area (Å²) in [6, 6.07) is 31.3. The molecule has 0 heterocycles. The summed E-state index contributed by atoms with van der Waals surface area (Å²) in [5.41, 5.74) is 1.12. The van der Waals surface area contributed by atoms with Crippen LogP contribution in [0.4, 0.5) is 5.69 Å². The van der Waals surface area contributed by atoms with Crippen LogP contribution in [0.2, 0.25) is 0 Å².